The van der Waals surface area contributed by atoms with Crippen LogP contribution in [-0.4, -0.2) is 38.0 Å². The molecule has 2 aromatic rings. The van der Waals surface area contributed by atoms with Crippen LogP contribution in [0.4, 0.5) is 10.5 Å². The van der Waals surface area contributed by atoms with E-state index in [-0.39, 0.29) is 19.2 Å². The average molecular weight is 340 g/mol. The fourth-order valence-corrected chi connectivity index (χ4v) is 2.79. The number of anilines is 1. The van der Waals surface area contributed by atoms with Crippen LogP contribution in [0.3, 0.4) is 0 Å². The maximum atomic E-state index is 12.3. The van der Waals surface area contributed by atoms with Crippen LogP contribution in [0.15, 0.2) is 48.5 Å². The molecule has 2 amide bonds. The summed E-state index contributed by atoms with van der Waals surface area (Å²) in [4.78, 5) is 25.8. The lowest BCUT2D eigenvalue weighted by atomic mass is 10.2. The zero-order valence-electron chi connectivity index (χ0n) is 13.3. The first-order valence-corrected chi connectivity index (χ1v) is 7.92. The van der Waals surface area contributed by atoms with Crippen LogP contribution in [0.1, 0.15) is 10.4 Å². The highest BCUT2D eigenvalue weighted by atomic mass is 16.7. The molecule has 1 atom stereocenters. The number of para-hydroxylation sites is 1. The summed E-state index contributed by atoms with van der Waals surface area (Å²) in [7, 11) is 0. The molecule has 7 nitrogen and oxygen atoms in total. The van der Waals surface area contributed by atoms with Crippen molar-refractivity contribution in [1.82, 2.24) is 5.32 Å². The first kappa shape index (κ1) is 15.3. The first-order valence-electron chi connectivity index (χ1n) is 7.92. The number of carbonyl (C=O) groups excluding carboxylic acids is 2. The van der Waals surface area contributed by atoms with Gasteiger partial charge in [0.2, 0.25) is 6.79 Å². The third kappa shape index (κ3) is 3.08. The van der Waals surface area contributed by atoms with E-state index >= 15 is 0 Å². The second-order valence-electron chi connectivity index (χ2n) is 5.73. The van der Waals surface area contributed by atoms with Crippen LogP contribution in [0.2, 0.25) is 0 Å². The quantitative estimate of drug-likeness (QED) is 0.923. The van der Waals surface area contributed by atoms with Gasteiger partial charge in [0.05, 0.1) is 13.1 Å². The molecule has 4 rings (SSSR count). The van der Waals surface area contributed by atoms with Gasteiger partial charge in [-0.3, -0.25) is 9.69 Å². The second kappa shape index (κ2) is 6.35. The normalized spacial score (nSPS) is 18.2. The number of benzene rings is 2. The summed E-state index contributed by atoms with van der Waals surface area (Å²) in [6, 6.07) is 14.3. The van der Waals surface area contributed by atoms with Crippen LogP contribution < -0.4 is 19.7 Å². The molecular formula is C18H16N2O5. The Morgan fingerprint density at radius 2 is 1.92 bits per heavy atom. The molecule has 0 spiro atoms. The van der Waals surface area contributed by atoms with Crippen LogP contribution in [0.25, 0.3) is 0 Å². The lowest BCUT2D eigenvalue weighted by molar-refractivity contribution is 0.0915. The van der Waals surface area contributed by atoms with Gasteiger partial charge in [-0.25, -0.2) is 4.79 Å². The van der Waals surface area contributed by atoms with Crippen molar-refractivity contribution in [2.45, 2.75) is 6.10 Å². The molecule has 0 aliphatic carbocycles. The number of rotatable bonds is 4. The topological polar surface area (TPSA) is 77.1 Å². The number of nitrogens with one attached hydrogen (secondary N) is 1. The second-order valence-corrected chi connectivity index (χ2v) is 5.73. The van der Waals surface area contributed by atoms with Crippen LogP contribution in [0, 0.1) is 0 Å². The fourth-order valence-electron chi connectivity index (χ4n) is 2.79. The predicted octanol–water partition coefficient (Wildman–Crippen LogP) is 2.17. The zero-order chi connectivity index (χ0) is 17.2. The summed E-state index contributed by atoms with van der Waals surface area (Å²) in [5.74, 6) is 0.919. The van der Waals surface area contributed by atoms with Gasteiger partial charge in [0.25, 0.3) is 5.91 Å². The van der Waals surface area contributed by atoms with E-state index in [4.69, 9.17) is 14.2 Å². The summed E-state index contributed by atoms with van der Waals surface area (Å²) < 4.78 is 15.8. The van der Waals surface area contributed by atoms with Crippen molar-refractivity contribution < 1.29 is 23.8 Å². The van der Waals surface area contributed by atoms with E-state index in [1.54, 1.807) is 23.1 Å². The Balaban J connectivity index is 1.36. The smallest absolute Gasteiger partial charge is 0.414 e. The molecule has 2 heterocycles. The number of carbonyl (C=O) groups is 2. The maximum absolute atomic E-state index is 12.3. The highest BCUT2D eigenvalue weighted by molar-refractivity contribution is 5.95. The van der Waals surface area contributed by atoms with Crippen LogP contribution >= 0.6 is 0 Å². The van der Waals surface area contributed by atoms with Crippen molar-refractivity contribution in [1.29, 1.82) is 0 Å². The molecule has 0 saturated carbocycles. The van der Waals surface area contributed by atoms with Gasteiger partial charge in [-0.2, -0.15) is 0 Å². The van der Waals surface area contributed by atoms with Gasteiger partial charge in [-0.15, -0.1) is 0 Å². The third-order valence-corrected chi connectivity index (χ3v) is 4.07. The Morgan fingerprint density at radius 3 is 2.76 bits per heavy atom. The Kier molecular flexibility index (Phi) is 3.89. The lowest BCUT2D eigenvalue weighted by Crippen LogP contribution is -2.34. The molecule has 7 heteroatoms. The van der Waals surface area contributed by atoms with Crippen molar-refractivity contribution in [2.75, 3.05) is 24.8 Å². The summed E-state index contributed by atoms with van der Waals surface area (Å²) >= 11 is 0. The van der Waals surface area contributed by atoms with Crippen molar-refractivity contribution in [2.24, 2.45) is 0 Å². The SMILES string of the molecule is O=C(NC[C@H]1CN(c2ccccc2)C(=O)O1)c1ccc2c(c1)OCO2. The molecule has 2 aromatic carbocycles. The molecule has 2 aliphatic heterocycles. The van der Waals surface area contributed by atoms with Crippen molar-refractivity contribution in [3.63, 3.8) is 0 Å². The van der Waals surface area contributed by atoms with Crippen molar-refractivity contribution >= 4 is 17.7 Å². The molecule has 0 radical (unpaired) electrons. The molecule has 0 unspecified atom stereocenters. The number of fused-ring (bicyclic) bond motifs is 1. The van der Waals surface area contributed by atoms with Gasteiger partial charge in [-0.05, 0) is 30.3 Å². The predicted molar refractivity (Wildman–Crippen MR) is 89.0 cm³/mol. The standard InChI is InChI=1S/C18H16N2O5/c21-17(12-6-7-15-16(8-12)24-11-23-15)19-9-14-10-20(18(22)25-14)13-4-2-1-3-5-13/h1-8,14H,9-11H2,(H,19,21)/t14-/m0/s1. The molecule has 0 aromatic heterocycles. The molecule has 0 bridgehead atoms. The number of hydrogen-bond acceptors (Lipinski definition) is 5. The third-order valence-electron chi connectivity index (χ3n) is 4.07. The Labute approximate surface area is 144 Å². The largest absolute Gasteiger partial charge is 0.454 e. The van der Waals surface area contributed by atoms with E-state index in [0.29, 0.717) is 23.6 Å². The average Bonchev–Trinajstić information content (AvgIpc) is 3.26. The van der Waals surface area contributed by atoms with Gasteiger partial charge in [0.1, 0.15) is 6.10 Å². The van der Waals surface area contributed by atoms with Gasteiger partial charge < -0.3 is 19.5 Å². The van der Waals surface area contributed by atoms with Gasteiger partial charge in [-0.1, -0.05) is 18.2 Å². The number of cyclic esters (lactones) is 1. The highest BCUT2D eigenvalue weighted by Crippen LogP contribution is 2.32. The van der Waals surface area contributed by atoms with E-state index in [9.17, 15) is 9.59 Å². The summed E-state index contributed by atoms with van der Waals surface area (Å²) in [5, 5.41) is 2.79. The molecular weight excluding hydrogens is 324 g/mol. The van der Waals surface area contributed by atoms with E-state index in [2.05, 4.69) is 5.32 Å². The first-order chi connectivity index (χ1) is 12.2. The Hall–Kier alpha value is -3.22. The van der Waals surface area contributed by atoms with Gasteiger partial charge >= 0.3 is 6.09 Å². The Bertz CT molecular complexity index is 808. The van der Waals surface area contributed by atoms with Crippen molar-refractivity contribution in [3.05, 3.63) is 54.1 Å². The molecule has 1 saturated heterocycles. The summed E-state index contributed by atoms with van der Waals surface area (Å²) in [6.07, 6.45) is -0.806. The van der Waals surface area contributed by atoms with Gasteiger partial charge in [0, 0.05) is 11.3 Å². The van der Waals surface area contributed by atoms with Crippen LogP contribution in [0.5, 0.6) is 11.5 Å². The van der Waals surface area contributed by atoms with E-state index in [1.165, 1.54) is 0 Å². The Morgan fingerprint density at radius 1 is 1.12 bits per heavy atom. The minimum absolute atomic E-state index is 0.160. The summed E-state index contributed by atoms with van der Waals surface area (Å²) in [6.45, 7) is 0.792. The molecule has 1 N–H and O–H groups in total. The number of nitrogens with zero attached hydrogens (tertiary/aromatic N) is 1. The molecule has 2 aliphatic rings. The maximum Gasteiger partial charge on any atom is 0.414 e. The van der Waals surface area contributed by atoms with E-state index < -0.39 is 12.2 Å². The molecule has 25 heavy (non-hydrogen) atoms. The van der Waals surface area contributed by atoms with E-state index in [1.807, 2.05) is 30.3 Å². The summed E-state index contributed by atoms with van der Waals surface area (Å²) in [5.41, 5.74) is 1.24. The minimum Gasteiger partial charge on any atom is -0.454 e. The fraction of sp³-hybridized carbons (Fsp3) is 0.222. The number of amides is 2. The zero-order valence-corrected chi connectivity index (χ0v) is 13.3. The minimum atomic E-state index is -0.409. The monoisotopic (exact) mass is 340 g/mol. The number of ether oxygens (including phenoxy) is 3. The number of hydrogen-bond donors (Lipinski definition) is 1. The van der Waals surface area contributed by atoms with Gasteiger partial charge in [0.15, 0.2) is 11.5 Å². The molecule has 1 fully saturated rings. The highest BCUT2D eigenvalue weighted by Gasteiger charge is 2.32. The van der Waals surface area contributed by atoms with Crippen molar-refractivity contribution in [3.8, 4) is 11.5 Å². The van der Waals surface area contributed by atoms with E-state index in [0.717, 1.165) is 5.69 Å². The lowest BCUT2D eigenvalue weighted by Gasteiger charge is -2.12. The molecule has 128 valence electrons. The van der Waals surface area contributed by atoms with Crippen LogP contribution in [-0.2, 0) is 4.74 Å².